The summed E-state index contributed by atoms with van der Waals surface area (Å²) < 4.78 is 30.8. The molecule has 18 heavy (non-hydrogen) atoms. The fraction of sp³-hybridized carbons (Fsp3) is 0.571. The quantitative estimate of drug-likeness (QED) is 0.580. The predicted molar refractivity (Wildman–Crippen MR) is 74.2 cm³/mol. The highest BCUT2D eigenvalue weighted by atomic mass is 32.2. The second-order valence-corrected chi connectivity index (χ2v) is 6.11. The van der Waals surface area contributed by atoms with Gasteiger partial charge in [0.05, 0.1) is 0 Å². The normalized spacial score (nSPS) is 11.7. The van der Waals surface area contributed by atoms with Gasteiger partial charge in [0.2, 0.25) is 0 Å². The minimum Gasteiger partial charge on any atom is -0.285 e. The Kier molecular flexibility index (Phi) is 6.36. The molecule has 1 N–H and O–H groups in total. The number of aryl methyl sites for hydroxylation is 1. The van der Waals surface area contributed by atoms with E-state index in [4.69, 9.17) is 4.55 Å². The molecule has 0 aliphatic heterocycles. The third-order valence-corrected chi connectivity index (χ3v) is 3.68. The van der Waals surface area contributed by atoms with Crippen molar-refractivity contribution in [2.24, 2.45) is 0 Å². The maximum absolute atomic E-state index is 10.9. The third-order valence-electron chi connectivity index (χ3n) is 3.01. The Bertz CT molecular complexity index is 452. The molecule has 0 fully saturated rings. The van der Waals surface area contributed by atoms with Crippen molar-refractivity contribution in [3.05, 3.63) is 35.4 Å². The SMILES string of the molecule is CCCCCCCc1ccccc1CS(=O)(=O)O. The van der Waals surface area contributed by atoms with E-state index in [0.29, 0.717) is 0 Å². The van der Waals surface area contributed by atoms with Crippen LogP contribution in [0.2, 0.25) is 0 Å². The minimum atomic E-state index is -3.94. The minimum absolute atomic E-state index is 0.280. The van der Waals surface area contributed by atoms with Gasteiger partial charge in [-0.1, -0.05) is 56.9 Å². The predicted octanol–water partition coefficient (Wildman–Crippen LogP) is 3.59. The molecular weight excluding hydrogens is 248 g/mol. The second-order valence-electron chi connectivity index (χ2n) is 4.66. The van der Waals surface area contributed by atoms with Crippen LogP contribution in [0.5, 0.6) is 0 Å². The number of hydrogen-bond acceptors (Lipinski definition) is 2. The maximum Gasteiger partial charge on any atom is 0.269 e. The van der Waals surface area contributed by atoms with Gasteiger partial charge >= 0.3 is 0 Å². The molecule has 1 aromatic carbocycles. The lowest BCUT2D eigenvalue weighted by Crippen LogP contribution is -2.04. The largest absolute Gasteiger partial charge is 0.285 e. The molecule has 0 radical (unpaired) electrons. The molecule has 0 aromatic heterocycles. The van der Waals surface area contributed by atoms with Crippen LogP contribution in [-0.2, 0) is 22.3 Å². The molecule has 0 atom stereocenters. The van der Waals surface area contributed by atoms with Gasteiger partial charge in [-0.25, -0.2) is 0 Å². The van der Waals surface area contributed by atoms with Gasteiger partial charge in [0.1, 0.15) is 5.75 Å². The van der Waals surface area contributed by atoms with E-state index >= 15 is 0 Å². The monoisotopic (exact) mass is 270 g/mol. The summed E-state index contributed by atoms with van der Waals surface area (Å²) in [5.41, 5.74) is 1.75. The summed E-state index contributed by atoms with van der Waals surface area (Å²) in [4.78, 5) is 0. The van der Waals surface area contributed by atoms with E-state index in [1.165, 1.54) is 25.7 Å². The van der Waals surface area contributed by atoms with Crippen LogP contribution in [0.25, 0.3) is 0 Å². The lowest BCUT2D eigenvalue weighted by Gasteiger charge is -2.08. The lowest BCUT2D eigenvalue weighted by molar-refractivity contribution is 0.482. The van der Waals surface area contributed by atoms with E-state index in [1.807, 2.05) is 12.1 Å². The van der Waals surface area contributed by atoms with Crippen LogP contribution in [-0.4, -0.2) is 13.0 Å². The van der Waals surface area contributed by atoms with Gasteiger partial charge in [-0.2, -0.15) is 8.42 Å². The van der Waals surface area contributed by atoms with Crippen LogP contribution >= 0.6 is 0 Å². The topological polar surface area (TPSA) is 54.4 Å². The third kappa shape index (κ3) is 6.17. The molecule has 3 nitrogen and oxygen atoms in total. The van der Waals surface area contributed by atoms with Crippen LogP contribution in [0.1, 0.15) is 50.2 Å². The van der Waals surface area contributed by atoms with Gasteiger partial charge in [-0.3, -0.25) is 4.55 Å². The fourth-order valence-corrected chi connectivity index (χ4v) is 2.73. The molecule has 0 bridgehead atoms. The van der Waals surface area contributed by atoms with Crippen molar-refractivity contribution in [2.45, 2.75) is 51.2 Å². The maximum atomic E-state index is 10.9. The smallest absolute Gasteiger partial charge is 0.269 e. The Morgan fingerprint density at radius 2 is 1.61 bits per heavy atom. The summed E-state index contributed by atoms with van der Waals surface area (Å²) in [5.74, 6) is -0.280. The van der Waals surface area contributed by atoms with Crippen LogP contribution in [0.4, 0.5) is 0 Å². The molecule has 0 heterocycles. The van der Waals surface area contributed by atoms with Gasteiger partial charge in [-0.15, -0.1) is 0 Å². The first-order valence-electron chi connectivity index (χ1n) is 6.55. The van der Waals surface area contributed by atoms with Gasteiger partial charge in [0, 0.05) is 0 Å². The average Bonchev–Trinajstić information content (AvgIpc) is 2.29. The Hall–Kier alpha value is -0.870. The lowest BCUT2D eigenvalue weighted by atomic mass is 10.0. The van der Waals surface area contributed by atoms with E-state index in [0.717, 1.165) is 24.0 Å². The molecular formula is C14H22O3S. The number of hydrogen-bond donors (Lipinski definition) is 1. The molecule has 0 unspecified atom stereocenters. The first-order chi connectivity index (χ1) is 8.53. The highest BCUT2D eigenvalue weighted by Crippen LogP contribution is 2.15. The van der Waals surface area contributed by atoms with Gasteiger partial charge in [-0.05, 0) is 24.0 Å². The van der Waals surface area contributed by atoms with E-state index in [-0.39, 0.29) is 5.75 Å². The standard InChI is InChI=1S/C14H22O3S/c1-2-3-4-5-6-9-13-10-7-8-11-14(13)12-18(15,16)17/h7-8,10-11H,2-6,9,12H2,1H3,(H,15,16,17). The van der Waals surface area contributed by atoms with E-state index in [2.05, 4.69) is 6.92 Å². The zero-order valence-corrected chi connectivity index (χ0v) is 11.7. The summed E-state index contributed by atoms with van der Waals surface area (Å²) in [6, 6.07) is 7.44. The van der Waals surface area contributed by atoms with E-state index in [1.54, 1.807) is 12.1 Å². The Balaban J connectivity index is 2.54. The fourth-order valence-electron chi connectivity index (χ4n) is 2.06. The molecule has 0 aliphatic rings. The van der Waals surface area contributed by atoms with Crippen molar-refractivity contribution in [1.82, 2.24) is 0 Å². The van der Waals surface area contributed by atoms with Crippen molar-refractivity contribution in [1.29, 1.82) is 0 Å². The van der Waals surface area contributed by atoms with Crippen molar-refractivity contribution in [2.75, 3.05) is 0 Å². The molecule has 0 saturated heterocycles. The summed E-state index contributed by atoms with van der Waals surface area (Å²) in [5, 5.41) is 0. The van der Waals surface area contributed by atoms with Crippen molar-refractivity contribution in [3.8, 4) is 0 Å². The second kappa shape index (κ2) is 7.54. The summed E-state index contributed by atoms with van der Waals surface area (Å²) in [7, 11) is -3.94. The highest BCUT2D eigenvalue weighted by molar-refractivity contribution is 7.85. The van der Waals surface area contributed by atoms with Crippen LogP contribution in [0.3, 0.4) is 0 Å². The summed E-state index contributed by atoms with van der Waals surface area (Å²) in [6.45, 7) is 2.18. The van der Waals surface area contributed by atoms with E-state index in [9.17, 15) is 8.42 Å². The molecule has 1 rings (SSSR count). The van der Waals surface area contributed by atoms with E-state index < -0.39 is 10.1 Å². The first-order valence-corrected chi connectivity index (χ1v) is 8.16. The zero-order chi connectivity index (χ0) is 13.4. The molecule has 0 aliphatic carbocycles. The summed E-state index contributed by atoms with van der Waals surface area (Å²) in [6.07, 6.45) is 6.84. The van der Waals surface area contributed by atoms with Crippen molar-refractivity contribution in [3.63, 3.8) is 0 Å². The molecule has 0 amide bonds. The van der Waals surface area contributed by atoms with Crippen LogP contribution in [0.15, 0.2) is 24.3 Å². The summed E-state index contributed by atoms with van der Waals surface area (Å²) >= 11 is 0. The number of benzene rings is 1. The van der Waals surface area contributed by atoms with Crippen LogP contribution < -0.4 is 0 Å². The Morgan fingerprint density at radius 3 is 2.22 bits per heavy atom. The van der Waals surface area contributed by atoms with Crippen LogP contribution in [0, 0.1) is 0 Å². The zero-order valence-electron chi connectivity index (χ0n) is 10.9. The molecule has 4 heteroatoms. The molecule has 1 aromatic rings. The molecule has 0 saturated carbocycles. The highest BCUT2D eigenvalue weighted by Gasteiger charge is 2.10. The van der Waals surface area contributed by atoms with Crippen molar-refractivity contribution < 1.29 is 13.0 Å². The average molecular weight is 270 g/mol. The molecule has 0 spiro atoms. The van der Waals surface area contributed by atoms with Gasteiger partial charge in [0.25, 0.3) is 10.1 Å². The number of unbranched alkanes of at least 4 members (excludes halogenated alkanes) is 4. The van der Waals surface area contributed by atoms with Crippen molar-refractivity contribution >= 4 is 10.1 Å². The Labute approximate surface area is 110 Å². The number of rotatable bonds is 8. The first kappa shape index (κ1) is 15.2. The Morgan fingerprint density at radius 1 is 1.00 bits per heavy atom. The van der Waals surface area contributed by atoms with Gasteiger partial charge < -0.3 is 0 Å². The van der Waals surface area contributed by atoms with Gasteiger partial charge in [0.15, 0.2) is 0 Å². The molecule has 102 valence electrons.